The second-order valence-electron chi connectivity index (χ2n) is 7.41. The molecule has 0 aliphatic heterocycles. The van der Waals surface area contributed by atoms with E-state index < -0.39 is 0 Å². The Morgan fingerprint density at radius 2 is 1.47 bits per heavy atom. The number of rotatable bonds is 5. The smallest absolute Gasteiger partial charge is 0.127 e. The second-order valence-corrected chi connectivity index (χ2v) is 7.84. The van der Waals surface area contributed by atoms with E-state index in [1.165, 1.54) is 6.20 Å². The summed E-state index contributed by atoms with van der Waals surface area (Å²) < 4.78 is 5.87. The highest BCUT2D eigenvalue weighted by atomic mass is 35.5. The minimum atomic E-state index is 0.675. The highest BCUT2D eigenvalue weighted by molar-refractivity contribution is 6.31. The fourth-order valence-electron chi connectivity index (χ4n) is 3.78. The van der Waals surface area contributed by atoms with Crippen LogP contribution < -0.4 is 21.3 Å². The number of aromatic amines is 1. The van der Waals surface area contributed by atoms with E-state index in [4.69, 9.17) is 27.9 Å². The summed E-state index contributed by atoms with van der Waals surface area (Å²) >= 11 is 6.21. The number of benzene rings is 4. The second kappa shape index (κ2) is 8.30. The largest absolute Gasteiger partial charge is 0.457 e. The molecule has 0 amide bonds. The normalized spacial score (nSPS) is 11.8. The minimum Gasteiger partial charge on any atom is -0.457 e. The molecule has 0 spiro atoms. The lowest BCUT2D eigenvalue weighted by Gasteiger charge is -2.22. The summed E-state index contributed by atoms with van der Waals surface area (Å²) in [7, 11) is 0. The molecule has 4 aromatic carbocycles. The van der Waals surface area contributed by atoms with Crippen LogP contribution in [-0.4, -0.2) is 4.98 Å². The third kappa shape index (κ3) is 3.75. The Kier molecular flexibility index (Phi) is 5.19. The van der Waals surface area contributed by atoms with E-state index in [0.717, 1.165) is 44.6 Å². The van der Waals surface area contributed by atoms with E-state index in [0.29, 0.717) is 10.7 Å². The number of nitrogens with zero attached hydrogens (tertiary/aromatic N) is 1. The van der Waals surface area contributed by atoms with Crippen molar-refractivity contribution in [2.75, 3.05) is 5.01 Å². The first-order valence-electron chi connectivity index (χ1n) is 10.1. The zero-order chi connectivity index (χ0) is 22.1. The molecular formula is C26H21ClN4O. The van der Waals surface area contributed by atoms with Crippen LogP contribution in [0.5, 0.6) is 11.5 Å². The molecule has 0 aliphatic carbocycles. The van der Waals surface area contributed by atoms with Gasteiger partial charge in [-0.3, -0.25) is 5.01 Å². The number of nitrogens with two attached hydrogens (primary N) is 2. The first-order chi connectivity index (χ1) is 15.6. The molecule has 5 rings (SSSR count). The molecule has 0 unspecified atom stereocenters. The van der Waals surface area contributed by atoms with Crippen LogP contribution in [0.1, 0.15) is 5.56 Å². The molecule has 0 saturated heterocycles. The summed E-state index contributed by atoms with van der Waals surface area (Å²) in [5.41, 5.74) is 10.4. The molecule has 0 radical (unpaired) electrons. The van der Waals surface area contributed by atoms with E-state index in [2.05, 4.69) is 4.98 Å². The maximum absolute atomic E-state index is 6.49. The van der Waals surface area contributed by atoms with Gasteiger partial charge in [0.15, 0.2) is 0 Å². The summed E-state index contributed by atoms with van der Waals surface area (Å²) in [5.74, 6) is 8.01. The van der Waals surface area contributed by atoms with Crippen LogP contribution in [0.3, 0.4) is 0 Å². The van der Waals surface area contributed by atoms with Crippen LogP contribution in [-0.2, 0) is 0 Å². The number of nitrogens with one attached hydrogen (secondary N) is 1. The van der Waals surface area contributed by atoms with Crippen molar-refractivity contribution in [1.82, 2.24) is 4.98 Å². The van der Waals surface area contributed by atoms with Crippen molar-refractivity contribution in [2.45, 2.75) is 0 Å². The van der Waals surface area contributed by atoms with Gasteiger partial charge >= 0.3 is 0 Å². The maximum Gasteiger partial charge on any atom is 0.127 e. The van der Waals surface area contributed by atoms with Crippen LogP contribution in [0, 0.1) is 0 Å². The van der Waals surface area contributed by atoms with E-state index in [9.17, 15) is 0 Å². The van der Waals surface area contributed by atoms with Crippen molar-refractivity contribution in [3.8, 4) is 11.5 Å². The van der Waals surface area contributed by atoms with Gasteiger partial charge in [-0.15, -0.1) is 0 Å². The van der Waals surface area contributed by atoms with Gasteiger partial charge in [-0.2, -0.15) is 0 Å². The predicted octanol–water partition coefficient (Wildman–Crippen LogP) is 6.40. The lowest BCUT2D eigenvalue weighted by Crippen LogP contribution is -2.29. The van der Waals surface area contributed by atoms with Crippen molar-refractivity contribution < 1.29 is 4.74 Å². The molecule has 1 aromatic heterocycles. The van der Waals surface area contributed by atoms with Crippen molar-refractivity contribution in [1.29, 1.82) is 0 Å². The summed E-state index contributed by atoms with van der Waals surface area (Å²) in [6.45, 7) is 0. The first kappa shape index (κ1) is 20.0. The number of H-pyrrole nitrogens is 1. The van der Waals surface area contributed by atoms with E-state index in [1.54, 1.807) is 5.01 Å². The molecule has 0 aliphatic rings. The van der Waals surface area contributed by atoms with E-state index in [-0.39, 0.29) is 0 Å². The molecular weight excluding hydrogens is 420 g/mol. The Bertz CT molecular complexity index is 1430. The van der Waals surface area contributed by atoms with Crippen molar-refractivity contribution >= 4 is 44.8 Å². The summed E-state index contributed by atoms with van der Waals surface area (Å²) in [5, 5.41) is 4.35. The molecule has 5 N–H and O–H groups in total. The molecule has 32 heavy (non-hydrogen) atoms. The summed E-state index contributed by atoms with van der Waals surface area (Å²) in [6, 6.07) is 29.1. The quantitative estimate of drug-likeness (QED) is 0.218. The van der Waals surface area contributed by atoms with Crippen molar-refractivity contribution in [2.24, 2.45) is 11.6 Å². The Hall–Kier alpha value is -3.93. The molecule has 0 atom stereocenters. The van der Waals surface area contributed by atoms with Gasteiger partial charge in [0.05, 0.1) is 11.4 Å². The number of aromatic nitrogens is 1. The van der Waals surface area contributed by atoms with Crippen molar-refractivity contribution in [3.05, 3.63) is 108 Å². The van der Waals surface area contributed by atoms with Gasteiger partial charge in [-0.1, -0.05) is 29.8 Å². The van der Waals surface area contributed by atoms with Gasteiger partial charge < -0.3 is 15.5 Å². The van der Waals surface area contributed by atoms with Crippen molar-refractivity contribution in [3.63, 3.8) is 0 Å². The third-order valence-corrected chi connectivity index (χ3v) is 5.60. The number of anilines is 1. The zero-order valence-electron chi connectivity index (χ0n) is 17.1. The monoisotopic (exact) mass is 440 g/mol. The number of ether oxygens (including phenoxy) is 1. The lowest BCUT2D eigenvalue weighted by atomic mass is 10.1. The highest BCUT2D eigenvalue weighted by Crippen LogP contribution is 2.32. The molecule has 158 valence electrons. The zero-order valence-corrected chi connectivity index (χ0v) is 17.9. The molecule has 6 heteroatoms. The molecule has 5 nitrogen and oxygen atoms in total. The van der Waals surface area contributed by atoms with Crippen LogP contribution in [0.2, 0.25) is 5.02 Å². The van der Waals surface area contributed by atoms with Crippen LogP contribution in [0.15, 0.2) is 97.2 Å². The molecule has 5 aromatic rings. The molecule has 0 bridgehead atoms. The maximum atomic E-state index is 6.49. The van der Waals surface area contributed by atoms with Crippen LogP contribution >= 0.6 is 11.6 Å². The SMILES string of the molecule is N/C=C(/c1ccc(Oc2ccccc2)cc1)N(N)c1ccc2[nH]c3ccc(Cl)cc3c2c1. The Labute approximate surface area is 190 Å². The summed E-state index contributed by atoms with van der Waals surface area (Å²) in [6.07, 6.45) is 1.50. The molecule has 1 heterocycles. The number of hydrogen-bond acceptors (Lipinski definition) is 4. The van der Waals surface area contributed by atoms with Gasteiger partial charge in [-0.25, -0.2) is 5.84 Å². The topological polar surface area (TPSA) is 80.3 Å². The summed E-state index contributed by atoms with van der Waals surface area (Å²) in [4.78, 5) is 3.40. The lowest BCUT2D eigenvalue weighted by molar-refractivity contribution is 0.482. The van der Waals surface area contributed by atoms with Gasteiger partial charge in [0, 0.05) is 38.6 Å². The van der Waals surface area contributed by atoms with Gasteiger partial charge in [0.2, 0.25) is 0 Å². The fraction of sp³-hybridized carbons (Fsp3) is 0. The minimum absolute atomic E-state index is 0.675. The van der Waals surface area contributed by atoms with Gasteiger partial charge in [-0.05, 0) is 72.8 Å². The number of hydrogen-bond donors (Lipinski definition) is 3. The van der Waals surface area contributed by atoms with E-state index >= 15 is 0 Å². The number of para-hydroxylation sites is 1. The molecule has 0 saturated carbocycles. The number of halogens is 1. The number of hydrazine groups is 1. The van der Waals surface area contributed by atoms with E-state index in [1.807, 2.05) is 91.0 Å². The number of fused-ring (bicyclic) bond motifs is 3. The average Bonchev–Trinajstić information content (AvgIpc) is 3.18. The third-order valence-electron chi connectivity index (χ3n) is 5.37. The predicted molar refractivity (Wildman–Crippen MR) is 133 cm³/mol. The average molecular weight is 441 g/mol. The Morgan fingerprint density at radius 3 is 2.19 bits per heavy atom. The first-order valence-corrected chi connectivity index (χ1v) is 10.5. The standard InChI is InChI=1S/C26H21ClN4O/c27-18-8-12-24-22(14-18)23-15-19(9-13-25(23)30-24)31(29)26(16-28)17-6-10-21(11-7-17)32-20-4-2-1-3-5-20/h1-16,30H,28-29H2/b26-16-. The van der Waals surface area contributed by atoms with Gasteiger partial charge in [0.25, 0.3) is 0 Å². The van der Waals surface area contributed by atoms with Gasteiger partial charge in [0.1, 0.15) is 11.5 Å². The fourth-order valence-corrected chi connectivity index (χ4v) is 3.95. The molecule has 0 fully saturated rings. The Balaban J connectivity index is 1.44. The highest BCUT2D eigenvalue weighted by Gasteiger charge is 2.13. The Morgan fingerprint density at radius 1 is 0.812 bits per heavy atom. The van der Waals surface area contributed by atoms with Crippen LogP contribution in [0.25, 0.3) is 27.5 Å². The van der Waals surface area contributed by atoms with Crippen LogP contribution in [0.4, 0.5) is 5.69 Å².